The van der Waals surface area contributed by atoms with Gasteiger partial charge in [-0.2, -0.15) is 0 Å². The predicted molar refractivity (Wildman–Crippen MR) is 43.2 cm³/mol. The molecule has 0 aliphatic carbocycles. The number of rotatable bonds is 5. The van der Waals surface area contributed by atoms with E-state index in [9.17, 15) is 5.11 Å². The van der Waals surface area contributed by atoms with Crippen molar-refractivity contribution in [1.82, 2.24) is 0 Å². The molecular weight excluding hydrogens is 144 g/mol. The van der Waals surface area contributed by atoms with Crippen molar-refractivity contribution in [3.8, 4) is 0 Å². The molecule has 11 heavy (non-hydrogen) atoms. The molecular formula is C8H16O3. The molecule has 0 amide bonds. The highest BCUT2D eigenvalue weighted by molar-refractivity contribution is 4.90. The maximum atomic E-state index is 9.50. The van der Waals surface area contributed by atoms with Crippen molar-refractivity contribution in [2.45, 2.75) is 25.7 Å². The lowest BCUT2D eigenvalue weighted by molar-refractivity contribution is -0.0671. The molecule has 0 radical (unpaired) electrons. The van der Waals surface area contributed by atoms with E-state index in [1.165, 1.54) is 6.92 Å². The topological polar surface area (TPSA) is 38.7 Å². The standard InChI is InChI=1S/C8H16O3/c1-4-7(9)5-6-8(10-2)11-3/h5-9H,4H2,1-3H3/b6-5+/i4D,5D,6D,7D,8D. The minimum absolute atomic E-state index is 0.811. The first-order valence-corrected chi connectivity index (χ1v) is 3.06. The fraction of sp³-hybridized carbons (Fsp3) is 0.750. The van der Waals surface area contributed by atoms with Crippen molar-refractivity contribution in [3.05, 3.63) is 12.1 Å². The first-order chi connectivity index (χ1) is 7.13. The second-order valence-corrected chi connectivity index (χ2v) is 1.62. The lowest BCUT2D eigenvalue weighted by atomic mass is 10.2. The zero-order valence-corrected chi connectivity index (χ0v) is 6.84. The van der Waals surface area contributed by atoms with Crippen molar-refractivity contribution < 1.29 is 21.4 Å². The molecule has 0 aliphatic heterocycles. The summed E-state index contributed by atoms with van der Waals surface area (Å²) in [4.78, 5) is 0. The molecule has 3 heteroatoms. The quantitative estimate of drug-likeness (QED) is 0.486. The summed E-state index contributed by atoms with van der Waals surface area (Å²) in [5.41, 5.74) is 0. The van der Waals surface area contributed by atoms with Gasteiger partial charge in [-0.15, -0.1) is 0 Å². The molecule has 0 saturated carbocycles. The summed E-state index contributed by atoms with van der Waals surface area (Å²) in [6, 6.07) is -1.71. The normalized spacial score (nSPS) is 29.6. The molecule has 0 saturated heterocycles. The van der Waals surface area contributed by atoms with E-state index in [-0.39, 0.29) is 0 Å². The van der Waals surface area contributed by atoms with Gasteiger partial charge in [0.15, 0.2) is 6.27 Å². The molecule has 0 spiro atoms. The van der Waals surface area contributed by atoms with Gasteiger partial charge in [-0.1, -0.05) is 13.0 Å². The minimum Gasteiger partial charge on any atom is -0.389 e. The highest BCUT2D eigenvalue weighted by Crippen LogP contribution is 1.97. The number of hydrogen-bond acceptors (Lipinski definition) is 3. The third-order valence-corrected chi connectivity index (χ3v) is 0.937. The van der Waals surface area contributed by atoms with Crippen LogP contribution in [0.15, 0.2) is 12.1 Å². The van der Waals surface area contributed by atoms with E-state index in [0.29, 0.717) is 0 Å². The average molecular weight is 165 g/mol. The van der Waals surface area contributed by atoms with Crippen LogP contribution in [-0.2, 0) is 9.47 Å². The number of methoxy groups -OCH3 is 2. The molecule has 2 unspecified atom stereocenters. The van der Waals surface area contributed by atoms with Gasteiger partial charge in [0.05, 0.1) is 11.6 Å². The Morgan fingerprint density at radius 3 is 2.55 bits per heavy atom. The second-order valence-electron chi connectivity index (χ2n) is 1.62. The van der Waals surface area contributed by atoms with Gasteiger partial charge in [-0.3, -0.25) is 0 Å². The van der Waals surface area contributed by atoms with Crippen LogP contribution < -0.4 is 0 Å². The highest BCUT2D eigenvalue weighted by Gasteiger charge is 1.99. The summed E-state index contributed by atoms with van der Waals surface area (Å²) in [6.45, 7) is 1.21. The molecule has 0 bridgehead atoms. The van der Waals surface area contributed by atoms with Crippen molar-refractivity contribution >= 4 is 0 Å². The van der Waals surface area contributed by atoms with E-state index in [0.717, 1.165) is 14.2 Å². The van der Waals surface area contributed by atoms with Crippen LogP contribution in [0.1, 0.15) is 20.2 Å². The smallest absolute Gasteiger partial charge is 0.176 e. The van der Waals surface area contributed by atoms with Crippen LogP contribution in [0.2, 0.25) is 0 Å². The summed E-state index contributed by atoms with van der Waals surface area (Å²) in [5.74, 6) is 0. The van der Waals surface area contributed by atoms with Gasteiger partial charge in [0.2, 0.25) is 0 Å². The Balaban J connectivity index is 5.41. The van der Waals surface area contributed by atoms with Crippen LogP contribution >= 0.6 is 0 Å². The largest absolute Gasteiger partial charge is 0.389 e. The maximum absolute atomic E-state index is 9.50. The molecule has 0 aromatic heterocycles. The molecule has 0 aromatic carbocycles. The average Bonchev–Trinajstić information content (AvgIpc) is 2.25. The molecule has 0 fully saturated rings. The highest BCUT2D eigenvalue weighted by atomic mass is 16.7. The monoisotopic (exact) mass is 165 g/mol. The fourth-order valence-electron chi connectivity index (χ4n) is 0.373. The van der Waals surface area contributed by atoms with E-state index in [2.05, 4.69) is 9.47 Å². The first kappa shape index (κ1) is 4.60. The lowest BCUT2D eigenvalue weighted by Gasteiger charge is -2.08. The SMILES string of the molecule is [2H]/C(=C(/[2H])C([2H])(O)C([2H])C)C([2H])(OC)OC. The first-order valence-electron chi connectivity index (χ1n) is 5.64. The summed E-state index contributed by atoms with van der Waals surface area (Å²) in [6.07, 6.45) is -6.15. The molecule has 66 valence electrons. The Kier molecular flexibility index (Phi) is 2.65. The second kappa shape index (κ2) is 6.34. The van der Waals surface area contributed by atoms with E-state index < -0.39 is 30.8 Å². The Morgan fingerprint density at radius 1 is 1.64 bits per heavy atom. The fourth-order valence-corrected chi connectivity index (χ4v) is 0.373. The van der Waals surface area contributed by atoms with Crippen molar-refractivity contribution in [3.63, 3.8) is 0 Å². The van der Waals surface area contributed by atoms with Crippen molar-refractivity contribution in [2.75, 3.05) is 14.2 Å². The van der Waals surface area contributed by atoms with Crippen molar-refractivity contribution in [2.24, 2.45) is 0 Å². The van der Waals surface area contributed by atoms with Gasteiger partial charge in [0, 0.05) is 15.6 Å². The molecule has 3 nitrogen and oxygen atoms in total. The predicted octanol–water partition coefficient (Wildman–Crippen LogP) is 0.932. The Bertz CT molecular complexity index is 260. The van der Waals surface area contributed by atoms with Crippen LogP contribution in [0.25, 0.3) is 0 Å². The van der Waals surface area contributed by atoms with Crippen LogP contribution in [0.3, 0.4) is 0 Å². The Morgan fingerprint density at radius 2 is 2.18 bits per heavy atom. The zero-order valence-electron chi connectivity index (χ0n) is 11.8. The zero-order chi connectivity index (χ0) is 13.1. The summed E-state index contributed by atoms with van der Waals surface area (Å²) < 4.78 is 46.1. The van der Waals surface area contributed by atoms with Gasteiger partial charge >= 0.3 is 0 Å². The number of ether oxygens (including phenoxy) is 2. The Hall–Kier alpha value is -0.380. The third kappa shape index (κ3) is 4.95. The van der Waals surface area contributed by atoms with Gasteiger partial charge in [-0.25, -0.2) is 0 Å². The van der Waals surface area contributed by atoms with Crippen LogP contribution in [0.4, 0.5) is 0 Å². The van der Waals surface area contributed by atoms with Gasteiger partial charge in [0.1, 0.15) is 0 Å². The molecule has 0 aliphatic rings. The number of aliphatic hydroxyl groups is 1. The molecule has 0 rings (SSSR count). The third-order valence-electron chi connectivity index (χ3n) is 0.937. The minimum atomic E-state index is -2.57. The molecule has 2 atom stereocenters. The van der Waals surface area contributed by atoms with E-state index in [1.54, 1.807) is 0 Å². The van der Waals surface area contributed by atoms with Crippen LogP contribution in [0, 0.1) is 0 Å². The molecule has 1 N–H and O–H groups in total. The van der Waals surface area contributed by atoms with Crippen LogP contribution in [-0.4, -0.2) is 31.7 Å². The summed E-state index contributed by atoms with van der Waals surface area (Å²) in [5, 5.41) is 9.50. The van der Waals surface area contributed by atoms with Gasteiger partial charge in [0.25, 0.3) is 0 Å². The van der Waals surface area contributed by atoms with E-state index in [1.807, 2.05) is 0 Å². The molecule has 0 heterocycles. The van der Waals surface area contributed by atoms with Gasteiger partial charge < -0.3 is 14.6 Å². The Labute approximate surface area is 74.7 Å². The van der Waals surface area contributed by atoms with E-state index >= 15 is 0 Å². The van der Waals surface area contributed by atoms with Crippen LogP contribution in [0.5, 0.6) is 0 Å². The van der Waals surface area contributed by atoms with Gasteiger partial charge in [-0.05, 0) is 12.4 Å². The maximum Gasteiger partial charge on any atom is 0.176 e. The lowest BCUT2D eigenvalue weighted by Crippen LogP contribution is -2.10. The number of hydrogen-bond donors (Lipinski definition) is 1. The summed E-state index contributed by atoms with van der Waals surface area (Å²) in [7, 11) is 2.21. The molecule has 0 aromatic rings. The van der Waals surface area contributed by atoms with Crippen molar-refractivity contribution in [1.29, 1.82) is 0 Å². The van der Waals surface area contributed by atoms with E-state index in [4.69, 9.17) is 6.85 Å². The summed E-state index contributed by atoms with van der Waals surface area (Å²) >= 11 is 0.